The molecule has 0 aromatic rings. The molecular formula is C12H26N2O2. The predicted octanol–water partition coefficient (Wildman–Crippen LogP) is 1.03. The lowest BCUT2D eigenvalue weighted by Crippen LogP contribution is -2.30. The highest BCUT2D eigenvalue weighted by Crippen LogP contribution is 2.04. The molecule has 0 heterocycles. The molecule has 0 saturated heterocycles. The van der Waals surface area contributed by atoms with E-state index in [0.29, 0.717) is 18.9 Å². The molecule has 0 aliphatic heterocycles. The molecule has 96 valence electrons. The van der Waals surface area contributed by atoms with Crippen molar-refractivity contribution < 1.29 is 9.90 Å². The van der Waals surface area contributed by atoms with Crippen molar-refractivity contribution in [3.05, 3.63) is 0 Å². The van der Waals surface area contributed by atoms with E-state index in [0.717, 1.165) is 25.7 Å². The first kappa shape index (κ1) is 15.4. The van der Waals surface area contributed by atoms with Gasteiger partial charge in [0.2, 0.25) is 5.91 Å². The van der Waals surface area contributed by atoms with E-state index < -0.39 is 0 Å². The van der Waals surface area contributed by atoms with Crippen LogP contribution in [-0.4, -0.2) is 30.2 Å². The van der Waals surface area contributed by atoms with Gasteiger partial charge < -0.3 is 16.2 Å². The zero-order chi connectivity index (χ0) is 12.4. The Morgan fingerprint density at radius 2 is 2.00 bits per heavy atom. The van der Waals surface area contributed by atoms with Gasteiger partial charge in [0, 0.05) is 25.6 Å². The van der Waals surface area contributed by atoms with Crippen LogP contribution in [0.4, 0.5) is 0 Å². The molecule has 0 aliphatic rings. The molecular weight excluding hydrogens is 204 g/mol. The fourth-order valence-electron chi connectivity index (χ4n) is 1.36. The van der Waals surface area contributed by atoms with Crippen LogP contribution >= 0.6 is 0 Å². The van der Waals surface area contributed by atoms with Crippen molar-refractivity contribution in [3.8, 4) is 0 Å². The summed E-state index contributed by atoms with van der Waals surface area (Å²) < 4.78 is 0. The minimum Gasteiger partial charge on any atom is -0.396 e. The normalized spacial score (nSPS) is 14.5. The zero-order valence-corrected chi connectivity index (χ0v) is 10.5. The number of carbonyl (C=O) groups excluding carboxylic acids is 1. The molecule has 2 atom stereocenters. The van der Waals surface area contributed by atoms with Gasteiger partial charge in [-0.15, -0.1) is 0 Å². The molecule has 4 nitrogen and oxygen atoms in total. The summed E-state index contributed by atoms with van der Waals surface area (Å²) in [6.07, 6.45) is 4.05. The van der Waals surface area contributed by atoms with E-state index in [2.05, 4.69) is 12.2 Å². The molecule has 0 saturated carbocycles. The maximum absolute atomic E-state index is 11.4. The third kappa shape index (κ3) is 8.68. The SMILES string of the molecule is CC(N)C(C)CCNC(=O)CCCCCO. The average molecular weight is 230 g/mol. The van der Waals surface area contributed by atoms with Gasteiger partial charge in [-0.2, -0.15) is 0 Å². The number of rotatable bonds is 9. The van der Waals surface area contributed by atoms with Crippen LogP contribution in [0, 0.1) is 5.92 Å². The summed E-state index contributed by atoms with van der Waals surface area (Å²) in [5.41, 5.74) is 5.73. The average Bonchev–Trinajstić information content (AvgIpc) is 2.24. The second-order valence-electron chi connectivity index (χ2n) is 4.51. The summed E-state index contributed by atoms with van der Waals surface area (Å²) >= 11 is 0. The van der Waals surface area contributed by atoms with Gasteiger partial charge in [-0.25, -0.2) is 0 Å². The first-order valence-corrected chi connectivity index (χ1v) is 6.21. The second-order valence-corrected chi connectivity index (χ2v) is 4.51. The van der Waals surface area contributed by atoms with Gasteiger partial charge in [-0.3, -0.25) is 4.79 Å². The predicted molar refractivity (Wildman–Crippen MR) is 66.0 cm³/mol. The summed E-state index contributed by atoms with van der Waals surface area (Å²) in [6, 6.07) is 0.182. The minimum absolute atomic E-state index is 0.106. The Morgan fingerprint density at radius 1 is 1.31 bits per heavy atom. The van der Waals surface area contributed by atoms with Crippen molar-refractivity contribution in [2.45, 2.75) is 52.0 Å². The zero-order valence-electron chi connectivity index (χ0n) is 10.5. The summed E-state index contributed by atoms with van der Waals surface area (Å²) in [7, 11) is 0. The molecule has 0 fully saturated rings. The highest BCUT2D eigenvalue weighted by atomic mass is 16.2. The minimum atomic E-state index is 0.106. The molecule has 4 heteroatoms. The molecule has 2 unspecified atom stereocenters. The standard InChI is InChI=1S/C12H26N2O2/c1-10(11(2)13)7-8-14-12(16)6-4-3-5-9-15/h10-11,15H,3-9,13H2,1-2H3,(H,14,16). The van der Waals surface area contributed by atoms with Gasteiger partial charge in [0.05, 0.1) is 0 Å². The van der Waals surface area contributed by atoms with Crippen molar-refractivity contribution >= 4 is 5.91 Å². The fraction of sp³-hybridized carbons (Fsp3) is 0.917. The van der Waals surface area contributed by atoms with Crippen LogP contribution in [0.25, 0.3) is 0 Å². The third-order valence-electron chi connectivity index (χ3n) is 2.88. The number of carbonyl (C=O) groups is 1. The number of nitrogens with one attached hydrogen (secondary N) is 1. The largest absolute Gasteiger partial charge is 0.396 e. The van der Waals surface area contributed by atoms with Gasteiger partial charge in [0.25, 0.3) is 0 Å². The summed E-state index contributed by atoms with van der Waals surface area (Å²) in [5.74, 6) is 0.546. The lowest BCUT2D eigenvalue weighted by atomic mass is 10.0. The number of amides is 1. The van der Waals surface area contributed by atoms with Crippen molar-refractivity contribution in [2.75, 3.05) is 13.2 Å². The first-order valence-electron chi connectivity index (χ1n) is 6.21. The van der Waals surface area contributed by atoms with E-state index in [9.17, 15) is 4.79 Å². The molecule has 16 heavy (non-hydrogen) atoms. The summed E-state index contributed by atoms with van der Waals surface area (Å²) in [4.78, 5) is 11.4. The lowest BCUT2D eigenvalue weighted by molar-refractivity contribution is -0.121. The van der Waals surface area contributed by atoms with Gasteiger partial charge in [0.1, 0.15) is 0 Å². The molecule has 4 N–H and O–H groups in total. The van der Waals surface area contributed by atoms with Gasteiger partial charge in [-0.05, 0) is 32.1 Å². The third-order valence-corrected chi connectivity index (χ3v) is 2.88. The number of aliphatic hydroxyl groups excluding tert-OH is 1. The highest BCUT2D eigenvalue weighted by molar-refractivity contribution is 5.75. The number of hydrogen-bond acceptors (Lipinski definition) is 3. The van der Waals surface area contributed by atoms with Gasteiger partial charge >= 0.3 is 0 Å². The number of nitrogens with two attached hydrogens (primary N) is 1. The van der Waals surface area contributed by atoms with Crippen LogP contribution in [0.5, 0.6) is 0 Å². The lowest BCUT2D eigenvalue weighted by Gasteiger charge is -2.15. The molecule has 0 spiro atoms. The maximum Gasteiger partial charge on any atom is 0.219 e. The Labute approximate surface area is 98.6 Å². The Balaban J connectivity index is 3.37. The molecule has 1 amide bonds. The van der Waals surface area contributed by atoms with Gasteiger partial charge in [-0.1, -0.05) is 13.3 Å². The van der Waals surface area contributed by atoms with Crippen LogP contribution in [0.3, 0.4) is 0 Å². The molecule has 0 aromatic heterocycles. The van der Waals surface area contributed by atoms with Crippen LogP contribution in [-0.2, 0) is 4.79 Å². The molecule has 0 rings (SSSR count). The second kappa shape index (κ2) is 9.60. The van der Waals surface area contributed by atoms with E-state index in [1.54, 1.807) is 0 Å². The molecule has 0 radical (unpaired) electrons. The monoisotopic (exact) mass is 230 g/mol. The fourth-order valence-corrected chi connectivity index (χ4v) is 1.36. The van der Waals surface area contributed by atoms with Crippen LogP contribution < -0.4 is 11.1 Å². The van der Waals surface area contributed by atoms with Crippen LogP contribution in [0.1, 0.15) is 46.0 Å². The highest BCUT2D eigenvalue weighted by Gasteiger charge is 2.07. The summed E-state index contributed by atoms with van der Waals surface area (Å²) in [6.45, 7) is 5.01. The van der Waals surface area contributed by atoms with E-state index in [1.165, 1.54) is 0 Å². The first-order chi connectivity index (χ1) is 7.57. The number of unbranched alkanes of at least 4 members (excludes halogenated alkanes) is 2. The van der Waals surface area contributed by atoms with Crippen molar-refractivity contribution in [2.24, 2.45) is 11.7 Å². The Bertz CT molecular complexity index is 184. The molecule has 0 aliphatic carbocycles. The molecule has 0 aromatic carbocycles. The van der Waals surface area contributed by atoms with Crippen LogP contribution in [0.15, 0.2) is 0 Å². The van der Waals surface area contributed by atoms with E-state index in [1.807, 2.05) is 6.92 Å². The topological polar surface area (TPSA) is 75.3 Å². The Morgan fingerprint density at radius 3 is 2.56 bits per heavy atom. The maximum atomic E-state index is 11.4. The number of hydrogen-bond donors (Lipinski definition) is 3. The van der Waals surface area contributed by atoms with Crippen molar-refractivity contribution in [1.29, 1.82) is 0 Å². The smallest absolute Gasteiger partial charge is 0.219 e. The van der Waals surface area contributed by atoms with E-state index >= 15 is 0 Å². The van der Waals surface area contributed by atoms with E-state index in [4.69, 9.17) is 10.8 Å². The van der Waals surface area contributed by atoms with Crippen molar-refractivity contribution in [3.63, 3.8) is 0 Å². The summed E-state index contributed by atoms with van der Waals surface area (Å²) in [5, 5.41) is 11.5. The van der Waals surface area contributed by atoms with Crippen molar-refractivity contribution in [1.82, 2.24) is 5.32 Å². The van der Waals surface area contributed by atoms with E-state index in [-0.39, 0.29) is 18.6 Å². The quantitative estimate of drug-likeness (QED) is 0.518. The molecule has 0 bridgehead atoms. The van der Waals surface area contributed by atoms with Crippen LogP contribution in [0.2, 0.25) is 0 Å². The van der Waals surface area contributed by atoms with Gasteiger partial charge in [0.15, 0.2) is 0 Å². The Hall–Kier alpha value is -0.610. The Kier molecular flexibility index (Phi) is 9.24. The number of aliphatic hydroxyl groups is 1.